The standard InChI is InChI=1S/C64H102O24/c1-32-20-19-21-46(68)49(75-16)28-51(85-61(71)36(5)26-34(3)24-33(2)25-35(4)47(23-22-32)86-62-58(82-43(12)66)55(70)57(77-18)40(9)80-62)60(83-44(13)67)64(73)38(7)54(69)37(6)48(88-64)27-45(31-74-15)84-53-30-63(14,72)59(41(10)79-53)87-52-29-50(76-17)56(39(8)78-52)81-42(11)65/h20,22-26,35,37-41,45-60,62,68-70,72-73H,19,21,27-31H2,1-18H3/b23-22+,32-20+,33-25+,34-24+,36-26+/t35-,37+,38-,39-,40+,41+,45-,46+,47-,48-,49+,50-,51+,52+,53+,54+,55-,56-,57+,58+,59+,60-,62+,63+,64-/m1/s1. The maximum absolute atomic E-state index is 14.5. The van der Waals surface area contributed by atoms with Crippen molar-refractivity contribution in [2.45, 2.75) is 269 Å². The summed E-state index contributed by atoms with van der Waals surface area (Å²) in [7, 11) is 5.76. The maximum atomic E-state index is 14.5. The molecule has 4 saturated heterocycles. The number of ether oxygens (including phenoxy) is 15. The van der Waals surface area contributed by atoms with Crippen LogP contribution in [-0.2, 0) is 90.2 Å². The van der Waals surface area contributed by atoms with Crippen LogP contribution in [0.1, 0.15) is 135 Å². The zero-order valence-corrected chi connectivity index (χ0v) is 54.7. The minimum absolute atomic E-state index is 0.0339. The van der Waals surface area contributed by atoms with Crippen molar-refractivity contribution in [3.05, 3.63) is 58.7 Å². The van der Waals surface area contributed by atoms with Crippen LogP contribution in [0.5, 0.6) is 0 Å². The molecule has 5 heterocycles. The number of aliphatic hydroxyl groups is 5. The molecular formula is C64H102O24. The number of esters is 4. The Morgan fingerprint density at radius 2 is 1.36 bits per heavy atom. The van der Waals surface area contributed by atoms with E-state index in [2.05, 4.69) is 0 Å². The molecule has 25 atom stereocenters. The maximum Gasteiger partial charge on any atom is 0.334 e. The van der Waals surface area contributed by atoms with E-state index in [0.717, 1.165) is 18.1 Å². The predicted molar refractivity (Wildman–Crippen MR) is 316 cm³/mol. The van der Waals surface area contributed by atoms with Crippen LogP contribution < -0.4 is 0 Å². The summed E-state index contributed by atoms with van der Waals surface area (Å²) in [5.41, 5.74) is 0.776. The normalized spacial score (nSPS) is 42.9. The lowest BCUT2D eigenvalue weighted by Gasteiger charge is -2.52. The molecular weight excluding hydrogens is 1150 g/mol. The number of allylic oxidation sites excluding steroid dienone is 7. The van der Waals surface area contributed by atoms with E-state index in [1.165, 1.54) is 56.1 Å². The number of cyclic esters (lactones) is 1. The summed E-state index contributed by atoms with van der Waals surface area (Å²) in [6, 6.07) is 0. The molecule has 5 aliphatic rings. The summed E-state index contributed by atoms with van der Waals surface area (Å²) in [5.74, 6) is -7.67. The molecule has 0 radical (unpaired) electrons. The van der Waals surface area contributed by atoms with Crippen LogP contribution in [0.3, 0.4) is 0 Å². The first-order chi connectivity index (χ1) is 41.3. The van der Waals surface area contributed by atoms with E-state index in [4.69, 9.17) is 71.1 Å². The van der Waals surface area contributed by atoms with Gasteiger partial charge >= 0.3 is 23.9 Å². The van der Waals surface area contributed by atoms with E-state index in [-0.39, 0.29) is 50.2 Å². The van der Waals surface area contributed by atoms with E-state index < -0.39 is 170 Å². The smallest absolute Gasteiger partial charge is 0.334 e. The number of rotatable bonds is 18. The number of hydrogen-bond donors (Lipinski definition) is 5. The second-order valence-electron chi connectivity index (χ2n) is 24.7. The van der Waals surface area contributed by atoms with E-state index in [9.17, 15) is 44.7 Å². The second-order valence-corrected chi connectivity index (χ2v) is 24.7. The fourth-order valence-electron chi connectivity index (χ4n) is 12.6. The van der Waals surface area contributed by atoms with Crippen molar-refractivity contribution >= 4 is 23.9 Å². The summed E-state index contributed by atoms with van der Waals surface area (Å²) < 4.78 is 90.6. The summed E-state index contributed by atoms with van der Waals surface area (Å²) in [5, 5.41) is 60.3. The van der Waals surface area contributed by atoms with Gasteiger partial charge in [-0.1, -0.05) is 67.9 Å². The van der Waals surface area contributed by atoms with E-state index >= 15 is 0 Å². The van der Waals surface area contributed by atoms with Crippen molar-refractivity contribution in [3.8, 4) is 0 Å². The topological polar surface area (TPSA) is 308 Å². The quantitative estimate of drug-likeness (QED) is 0.0859. The minimum atomic E-state index is -2.57. The van der Waals surface area contributed by atoms with Crippen LogP contribution in [0.25, 0.3) is 0 Å². The van der Waals surface area contributed by atoms with Crippen molar-refractivity contribution in [2.75, 3.05) is 35.0 Å². The number of methoxy groups -OCH3 is 4. The fourth-order valence-corrected chi connectivity index (χ4v) is 12.6. The Labute approximate surface area is 519 Å². The molecule has 0 unspecified atom stereocenters. The highest BCUT2D eigenvalue weighted by molar-refractivity contribution is 5.88. The van der Waals surface area contributed by atoms with Crippen molar-refractivity contribution in [1.82, 2.24) is 0 Å². The molecule has 0 saturated carbocycles. The number of carbonyl (C=O) groups excluding carboxylic acids is 4. The molecule has 0 spiro atoms. The first-order valence-electron chi connectivity index (χ1n) is 30.6. The van der Waals surface area contributed by atoms with Crippen LogP contribution >= 0.6 is 0 Å². The van der Waals surface area contributed by atoms with Crippen molar-refractivity contribution < 1.29 is 116 Å². The predicted octanol–water partition coefficient (Wildman–Crippen LogP) is 5.30. The number of carbonyl (C=O) groups is 4. The highest BCUT2D eigenvalue weighted by Gasteiger charge is 2.60. The minimum Gasteiger partial charge on any atom is -0.457 e. The van der Waals surface area contributed by atoms with Crippen LogP contribution in [0, 0.1) is 17.8 Å². The third-order valence-corrected chi connectivity index (χ3v) is 17.2. The lowest BCUT2D eigenvalue weighted by molar-refractivity contribution is -0.366. The van der Waals surface area contributed by atoms with E-state index in [1.54, 1.807) is 47.6 Å². The molecule has 0 aromatic carbocycles. The van der Waals surface area contributed by atoms with Gasteiger partial charge in [0.1, 0.15) is 30.5 Å². The summed E-state index contributed by atoms with van der Waals surface area (Å²) in [6.45, 7) is 22.7. The number of aliphatic hydroxyl groups excluding tert-OH is 3. The Morgan fingerprint density at radius 1 is 0.727 bits per heavy atom. The Morgan fingerprint density at radius 3 is 1.97 bits per heavy atom. The highest BCUT2D eigenvalue weighted by Crippen LogP contribution is 2.44. The van der Waals surface area contributed by atoms with Gasteiger partial charge in [0.15, 0.2) is 37.2 Å². The molecule has 0 amide bonds. The molecule has 5 rings (SSSR count). The Kier molecular flexibility index (Phi) is 28.4. The van der Waals surface area contributed by atoms with Gasteiger partial charge in [-0.3, -0.25) is 14.4 Å². The highest BCUT2D eigenvalue weighted by atomic mass is 16.7. The molecule has 5 N–H and O–H groups in total. The molecule has 4 fully saturated rings. The molecule has 0 aromatic rings. The van der Waals surface area contributed by atoms with Gasteiger partial charge in [-0.15, -0.1) is 0 Å². The average Bonchev–Trinajstić information content (AvgIpc) is 0.951. The van der Waals surface area contributed by atoms with Crippen molar-refractivity contribution in [2.24, 2.45) is 17.8 Å². The zero-order valence-electron chi connectivity index (χ0n) is 54.7. The first kappa shape index (κ1) is 74.7. The fraction of sp³-hybridized carbons (Fsp3) is 0.781. The summed E-state index contributed by atoms with van der Waals surface area (Å²) >= 11 is 0. The largest absolute Gasteiger partial charge is 0.457 e. The van der Waals surface area contributed by atoms with Gasteiger partial charge in [-0.25, -0.2) is 4.79 Å². The van der Waals surface area contributed by atoms with Crippen LogP contribution in [0.15, 0.2) is 58.7 Å². The van der Waals surface area contributed by atoms with Crippen molar-refractivity contribution in [1.29, 1.82) is 0 Å². The lowest BCUT2D eigenvalue weighted by Crippen LogP contribution is -2.66. The van der Waals surface area contributed by atoms with Crippen LogP contribution in [-0.4, -0.2) is 218 Å². The van der Waals surface area contributed by atoms with Gasteiger partial charge in [-0.2, -0.15) is 0 Å². The summed E-state index contributed by atoms with van der Waals surface area (Å²) in [4.78, 5) is 51.9. The summed E-state index contributed by atoms with van der Waals surface area (Å²) in [6.07, 6.45) is -8.80. The molecule has 24 nitrogen and oxygen atoms in total. The molecule has 0 aliphatic carbocycles. The molecule has 0 aromatic heterocycles. The van der Waals surface area contributed by atoms with Gasteiger partial charge in [0.25, 0.3) is 0 Å². The lowest BCUT2D eigenvalue weighted by atomic mass is 9.76. The van der Waals surface area contributed by atoms with Crippen LogP contribution in [0.2, 0.25) is 0 Å². The van der Waals surface area contributed by atoms with E-state index in [1.807, 2.05) is 51.2 Å². The Hall–Kier alpha value is -4.06. The monoisotopic (exact) mass is 1250 g/mol. The van der Waals surface area contributed by atoms with Crippen molar-refractivity contribution in [3.63, 3.8) is 0 Å². The third-order valence-electron chi connectivity index (χ3n) is 17.2. The van der Waals surface area contributed by atoms with Gasteiger partial charge in [0.05, 0.1) is 67.1 Å². The second kappa shape index (κ2) is 33.5. The molecule has 0 bridgehead atoms. The van der Waals surface area contributed by atoms with Gasteiger partial charge in [0.2, 0.25) is 5.79 Å². The molecule has 502 valence electrons. The molecule has 5 aliphatic heterocycles. The SMILES string of the molecule is COC[C@@H](C[C@H]1O[C@@](O)([C@H](OC(C)=O)[C@@H]2C[C@H](OC)[C@@H](O)CC/C=C(C)/C=C/[C@@H](O[C@@H]3O[C@@H](C)[C@H](OC)[C@@H](O)[C@@H]3OC(C)=O)[C@H](C)/C=C(C)/C=C(C)/C=C(\C)C(=O)O2)[C@H](C)[C@@H](O)[C@H]1C)O[C@H]1C[C@](C)(O)[C@@H](O[C@H]2C[C@@H](OC)[C@H](OC(C)=O)[C@@H](C)O2)[C@H](C)O1. The molecule has 24 heteroatoms. The zero-order chi connectivity index (χ0) is 65.7. The Balaban J connectivity index is 1.43. The van der Waals surface area contributed by atoms with Gasteiger partial charge < -0.3 is 96.6 Å². The Bertz CT molecular complexity index is 2440. The van der Waals surface area contributed by atoms with Gasteiger partial charge in [0, 0.05) is 98.2 Å². The van der Waals surface area contributed by atoms with Gasteiger partial charge in [-0.05, 0) is 74.3 Å². The third kappa shape index (κ3) is 20.0. The molecule has 88 heavy (non-hydrogen) atoms. The van der Waals surface area contributed by atoms with Crippen LogP contribution in [0.4, 0.5) is 0 Å². The van der Waals surface area contributed by atoms with E-state index in [0.29, 0.717) is 12.0 Å². The number of hydrogen-bond acceptors (Lipinski definition) is 24. The average molecular weight is 1260 g/mol. The first-order valence-corrected chi connectivity index (χ1v) is 30.6.